The Hall–Kier alpha value is -2.12. The molecule has 0 aliphatic carbocycles. The van der Waals surface area contributed by atoms with Gasteiger partial charge in [0, 0.05) is 0 Å². The van der Waals surface area contributed by atoms with Crippen LogP contribution < -0.4 is 15.2 Å². The number of benzene rings is 2. The summed E-state index contributed by atoms with van der Waals surface area (Å²) in [4.78, 5) is 12.0. The Bertz CT molecular complexity index is 847. The van der Waals surface area contributed by atoms with Crippen LogP contribution in [-0.2, 0) is 14.8 Å². The Morgan fingerprint density at radius 3 is 2.42 bits per heavy atom. The molecule has 7 heteroatoms. The van der Waals surface area contributed by atoms with Gasteiger partial charge in [0.25, 0.3) is 15.9 Å². The predicted octanol–water partition coefficient (Wildman–Crippen LogP) is 2.03. The van der Waals surface area contributed by atoms with Crippen molar-refractivity contribution in [1.29, 1.82) is 0 Å². The Balaban J connectivity index is 2.25. The molecule has 0 unspecified atom stereocenters. The number of nitrogens with one attached hydrogen (secondary N) is 1. The molecule has 0 bridgehead atoms. The number of amides is 1. The summed E-state index contributed by atoms with van der Waals surface area (Å²) in [6.07, 6.45) is 0.416. The van der Waals surface area contributed by atoms with Gasteiger partial charge in [0.05, 0.1) is 18.0 Å². The minimum atomic E-state index is -3.96. The van der Waals surface area contributed by atoms with Crippen molar-refractivity contribution in [3.63, 3.8) is 0 Å². The molecular weight excluding hydrogens is 328 g/mol. The first-order valence-electron chi connectivity index (χ1n) is 7.63. The van der Waals surface area contributed by atoms with Gasteiger partial charge in [-0.05, 0) is 47.4 Å². The topological polar surface area (TPSA) is 98.5 Å². The van der Waals surface area contributed by atoms with Crippen molar-refractivity contribution in [1.82, 2.24) is 4.72 Å². The second-order valence-electron chi connectivity index (χ2n) is 6.08. The van der Waals surface area contributed by atoms with Crippen molar-refractivity contribution < 1.29 is 17.9 Å². The van der Waals surface area contributed by atoms with Gasteiger partial charge in [-0.15, -0.1) is 0 Å². The van der Waals surface area contributed by atoms with Gasteiger partial charge < -0.3 is 10.5 Å². The lowest BCUT2D eigenvalue weighted by atomic mass is 10.0. The average Bonchev–Trinajstić information content (AvgIpc) is 2.52. The van der Waals surface area contributed by atoms with Crippen molar-refractivity contribution in [2.45, 2.75) is 31.2 Å². The lowest BCUT2D eigenvalue weighted by Crippen LogP contribution is -2.43. The zero-order valence-electron chi connectivity index (χ0n) is 13.9. The quantitative estimate of drug-likeness (QED) is 0.830. The number of carbonyl (C=O) groups is 1. The highest BCUT2D eigenvalue weighted by atomic mass is 32.2. The number of rotatable bonds is 6. The van der Waals surface area contributed by atoms with E-state index < -0.39 is 22.0 Å². The fourth-order valence-electron chi connectivity index (χ4n) is 2.38. The predicted molar refractivity (Wildman–Crippen MR) is 93.3 cm³/mol. The summed E-state index contributed by atoms with van der Waals surface area (Å²) in [5.74, 6) is 0.189. The molecule has 0 aliphatic rings. The summed E-state index contributed by atoms with van der Waals surface area (Å²) >= 11 is 0. The van der Waals surface area contributed by atoms with Crippen LogP contribution in [0.2, 0.25) is 0 Å². The summed E-state index contributed by atoms with van der Waals surface area (Å²) < 4.78 is 32.0. The van der Waals surface area contributed by atoms with Gasteiger partial charge >= 0.3 is 0 Å². The molecule has 0 saturated heterocycles. The third-order valence-corrected chi connectivity index (χ3v) is 4.97. The number of methoxy groups -OCH3 is 1. The SMILES string of the molecule is COc1ccc2cc(S(=O)(=O)NC(=O)[C@@H](N)CC(C)C)ccc2c1. The molecule has 2 rings (SSSR count). The molecule has 0 fully saturated rings. The zero-order valence-corrected chi connectivity index (χ0v) is 14.8. The van der Waals surface area contributed by atoms with Crippen molar-refractivity contribution in [2.75, 3.05) is 7.11 Å². The van der Waals surface area contributed by atoms with Gasteiger partial charge in [-0.1, -0.05) is 26.0 Å². The molecule has 2 aromatic carbocycles. The van der Waals surface area contributed by atoms with Crippen molar-refractivity contribution >= 4 is 26.7 Å². The van der Waals surface area contributed by atoms with Gasteiger partial charge in [0.1, 0.15) is 5.75 Å². The van der Waals surface area contributed by atoms with E-state index in [4.69, 9.17) is 10.5 Å². The summed E-state index contributed by atoms with van der Waals surface area (Å²) in [5, 5.41) is 1.58. The maximum atomic E-state index is 12.4. The highest BCUT2D eigenvalue weighted by Crippen LogP contribution is 2.23. The number of fused-ring (bicyclic) bond motifs is 1. The highest BCUT2D eigenvalue weighted by Gasteiger charge is 2.22. The third-order valence-electron chi connectivity index (χ3n) is 3.63. The Labute approximate surface area is 142 Å². The van der Waals surface area contributed by atoms with Crippen LogP contribution >= 0.6 is 0 Å². The average molecular weight is 350 g/mol. The number of ether oxygens (including phenoxy) is 1. The van der Waals surface area contributed by atoms with E-state index in [-0.39, 0.29) is 10.8 Å². The maximum absolute atomic E-state index is 12.4. The molecule has 0 saturated carbocycles. The lowest BCUT2D eigenvalue weighted by molar-refractivity contribution is -0.120. The number of hydrogen-bond donors (Lipinski definition) is 2. The van der Waals surface area contributed by atoms with Crippen LogP contribution in [0.3, 0.4) is 0 Å². The molecule has 6 nitrogen and oxygen atoms in total. The van der Waals surface area contributed by atoms with Crippen LogP contribution in [0.5, 0.6) is 5.75 Å². The van der Waals surface area contributed by atoms with Gasteiger partial charge in [-0.2, -0.15) is 0 Å². The molecule has 0 aliphatic heterocycles. The molecule has 0 heterocycles. The normalized spacial score (nSPS) is 13.0. The first-order chi connectivity index (χ1) is 11.2. The van der Waals surface area contributed by atoms with Crippen LogP contribution in [0.15, 0.2) is 41.3 Å². The maximum Gasteiger partial charge on any atom is 0.264 e. The molecule has 1 amide bonds. The second kappa shape index (κ2) is 7.19. The zero-order chi connectivity index (χ0) is 17.9. The summed E-state index contributed by atoms with van der Waals surface area (Å²) in [5.41, 5.74) is 5.74. The summed E-state index contributed by atoms with van der Waals surface area (Å²) in [7, 11) is -2.39. The Morgan fingerprint density at radius 2 is 1.79 bits per heavy atom. The molecule has 2 aromatic rings. The number of sulfonamides is 1. The lowest BCUT2D eigenvalue weighted by Gasteiger charge is -2.14. The monoisotopic (exact) mass is 350 g/mol. The van der Waals surface area contributed by atoms with Gasteiger partial charge in [0.2, 0.25) is 0 Å². The van der Waals surface area contributed by atoms with E-state index in [0.29, 0.717) is 12.2 Å². The van der Waals surface area contributed by atoms with Crippen molar-refractivity contribution in [3.05, 3.63) is 36.4 Å². The standard InChI is InChI=1S/C17H22N2O4S/c1-11(2)8-16(18)17(20)19-24(21,22)15-7-5-12-9-14(23-3)6-4-13(12)10-15/h4-7,9-11,16H,8,18H2,1-3H3,(H,19,20)/t16-/m0/s1. The molecular formula is C17H22N2O4S. The number of carbonyl (C=O) groups excluding carboxylic acids is 1. The van der Waals surface area contributed by atoms with E-state index in [1.165, 1.54) is 12.1 Å². The molecule has 0 aromatic heterocycles. The summed E-state index contributed by atoms with van der Waals surface area (Å²) in [6.45, 7) is 3.83. The third kappa shape index (κ3) is 4.24. The van der Waals surface area contributed by atoms with E-state index in [9.17, 15) is 13.2 Å². The molecule has 24 heavy (non-hydrogen) atoms. The Kier molecular flexibility index (Phi) is 5.46. The Morgan fingerprint density at radius 1 is 1.17 bits per heavy atom. The van der Waals surface area contributed by atoms with Crippen molar-refractivity contribution in [2.24, 2.45) is 11.7 Å². The second-order valence-corrected chi connectivity index (χ2v) is 7.76. The fraction of sp³-hybridized carbons (Fsp3) is 0.353. The van der Waals surface area contributed by atoms with Gasteiger partial charge in [-0.25, -0.2) is 13.1 Å². The molecule has 130 valence electrons. The van der Waals surface area contributed by atoms with Crippen LogP contribution in [-0.4, -0.2) is 27.5 Å². The van der Waals surface area contributed by atoms with E-state index in [1.54, 1.807) is 25.3 Å². The first kappa shape index (κ1) is 18.2. The van der Waals surface area contributed by atoms with E-state index in [1.807, 2.05) is 24.6 Å². The van der Waals surface area contributed by atoms with Crippen LogP contribution in [0.1, 0.15) is 20.3 Å². The number of nitrogens with two attached hydrogens (primary N) is 1. The molecule has 3 N–H and O–H groups in total. The minimum absolute atomic E-state index is 0.0188. The first-order valence-corrected chi connectivity index (χ1v) is 9.11. The smallest absolute Gasteiger partial charge is 0.264 e. The summed E-state index contributed by atoms with van der Waals surface area (Å²) in [6, 6.07) is 9.09. The van der Waals surface area contributed by atoms with E-state index in [2.05, 4.69) is 0 Å². The largest absolute Gasteiger partial charge is 0.497 e. The van der Waals surface area contributed by atoms with Gasteiger partial charge in [-0.3, -0.25) is 4.79 Å². The van der Waals surface area contributed by atoms with Gasteiger partial charge in [0.15, 0.2) is 0 Å². The molecule has 0 spiro atoms. The van der Waals surface area contributed by atoms with Crippen molar-refractivity contribution in [3.8, 4) is 5.75 Å². The van der Waals surface area contributed by atoms with E-state index >= 15 is 0 Å². The molecule has 0 radical (unpaired) electrons. The van der Waals surface area contributed by atoms with E-state index in [0.717, 1.165) is 10.8 Å². The molecule has 1 atom stereocenters. The highest BCUT2D eigenvalue weighted by molar-refractivity contribution is 7.90. The number of hydrogen-bond acceptors (Lipinski definition) is 5. The van der Waals surface area contributed by atoms with Crippen LogP contribution in [0, 0.1) is 5.92 Å². The fourth-order valence-corrected chi connectivity index (χ4v) is 3.44. The van der Waals surface area contributed by atoms with Crippen LogP contribution in [0.25, 0.3) is 10.8 Å². The van der Waals surface area contributed by atoms with Crippen LogP contribution in [0.4, 0.5) is 0 Å². The minimum Gasteiger partial charge on any atom is -0.497 e.